The molecule has 4 fully saturated rings. The van der Waals surface area contributed by atoms with Crippen LogP contribution in [0.5, 0.6) is 5.88 Å². The van der Waals surface area contributed by atoms with E-state index in [9.17, 15) is 24.4 Å². The quantitative estimate of drug-likeness (QED) is 0.239. The highest BCUT2D eigenvalue weighted by Crippen LogP contribution is 2.68. The number of nitrogens with zero attached hydrogens (tertiary/aromatic N) is 6. The maximum absolute atomic E-state index is 14.8. The van der Waals surface area contributed by atoms with Crippen LogP contribution in [0.1, 0.15) is 38.6 Å². The van der Waals surface area contributed by atoms with Gasteiger partial charge >= 0.3 is 19.6 Å². The zero-order valence-electron chi connectivity index (χ0n) is 24.3. The number of imidazole rings is 1. The molecule has 5 heterocycles. The van der Waals surface area contributed by atoms with Gasteiger partial charge in [-0.1, -0.05) is 0 Å². The van der Waals surface area contributed by atoms with E-state index >= 15 is 0 Å². The number of aliphatic hydroxyl groups excluding tert-OH is 1. The van der Waals surface area contributed by atoms with Crippen LogP contribution in [0.15, 0.2) is 6.33 Å². The van der Waals surface area contributed by atoms with Gasteiger partial charge in [0.15, 0.2) is 11.2 Å². The number of esters is 2. The lowest BCUT2D eigenvalue weighted by Gasteiger charge is -2.39. The number of methoxy groups -OCH3 is 3. The Labute approximate surface area is 246 Å². The zero-order chi connectivity index (χ0) is 30.9. The molecule has 4 aliphatic rings. The highest BCUT2D eigenvalue weighted by molar-refractivity contribution is 7.54. The Kier molecular flexibility index (Phi) is 7.43. The Bertz CT molecular complexity index is 1450. The molecule has 0 amide bonds. The highest BCUT2D eigenvalue weighted by atomic mass is 31.2. The molecule has 1 aliphatic carbocycles. The molecule has 0 radical (unpaired) electrons. The first-order valence-electron chi connectivity index (χ1n) is 14.0. The Morgan fingerprint density at radius 2 is 1.72 bits per heavy atom. The molecule has 7 unspecified atom stereocenters. The largest absolute Gasteiger partial charge is 0.479 e. The number of nitrogens with two attached hydrogens (primary N) is 1. The van der Waals surface area contributed by atoms with E-state index in [-0.39, 0.29) is 30.6 Å². The Morgan fingerprint density at radius 1 is 1.12 bits per heavy atom. The highest BCUT2D eigenvalue weighted by Gasteiger charge is 2.85. The number of aliphatic hydroxyl groups is 2. The summed E-state index contributed by atoms with van der Waals surface area (Å²) in [4.78, 5) is 37.8. The lowest BCUT2D eigenvalue weighted by atomic mass is 10.1. The van der Waals surface area contributed by atoms with Crippen molar-refractivity contribution < 1.29 is 47.8 Å². The van der Waals surface area contributed by atoms with Crippen molar-refractivity contribution in [3.05, 3.63) is 6.33 Å². The molecule has 3 saturated heterocycles. The molecule has 236 valence electrons. The third-order valence-corrected chi connectivity index (χ3v) is 11.9. The van der Waals surface area contributed by atoms with Crippen molar-refractivity contribution in [2.24, 2.45) is 0 Å². The third-order valence-electron chi connectivity index (χ3n) is 9.18. The Morgan fingerprint density at radius 3 is 2.23 bits per heavy atom. The summed E-state index contributed by atoms with van der Waals surface area (Å²) >= 11 is 0. The monoisotopic (exact) mass is 625 g/mol. The first kappa shape index (κ1) is 30.1. The summed E-state index contributed by atoms with van der Waals surface area (Å²) in [6, 6.07) is -2.49. The number of carbonyl (C=O) groups is 2. The van der Waals surface area contributed by atoms with Crippen LogP contribution in [0.2, 0.25) is 0 Å². The van der Waals surface area contributed by atoms with E-state index in [1.165, 1.54) is 37.0 Å². The smallest absolute Gasteiger partial charge is 0.347 e. The molecule has 1 saturated carbocycles. The number of hydrogen-bond donors (Lipinski definition) is 3. The number of fused-ring (bicyclic) bond motifs is 2. The van der Waals surface area contributed by atoms with Gasteiger partial charge in [-0.2, -0.15) is 9.97 Å². The normalized spacial score (nSPS) is 35.5. The number of nitrogen functional groups attached to an aromatic ring is 1. The Balaban J connectivity index is 1.26. The van der Waals surface area contributed by atoms with E-state index in [1.54, 1.807) is 11.5 Å². The second kappa shape index (κ2) is 10.6. The van der Waals surface area contributed by atoms with Gasteiger partial charge in [-0.25, -0.2) is 14.3 Å². The average Bonchev–Trinajstić information content (AvgIpc) is 3.66. The molecular weight excluding hydrogens is 589 g/mol. The van der Waals surface area contributed by atoms with Gasteiger partial charge in [0.25, 0.3) is 0 Å². The number of rotatable bonds is 9. The van der Waals surface area contributed by atoms with E-state index in [4.69, 9.17) is 29.2 Å². The maximum Gasteiger partial charge on any atom is 0.347 e. The number of ether oxygens (including phenoxy) is 4. The predicted molar refractivity (Wildman–Crippen MR) is 147 cm³/mol. The lowest BCUT2D eigenvalue weighted by Crippen LogP contribution is -2.45. The van der Waals surface area contributed by atoms with Crippen LogP contribution in [-0.4, -0.2) is 128 Å². The lowest BCUT2D eigenvalue weighted by molar-refractivity contribution is -0.145. The van der Waals surface area contributed by atoms with Crippen LogP contribution >= 0.6 is 7.67 Å². The number of carbonyl (C=O) groups excluding carboxylic acids is 2. The molecule has 0 bridgehead atoms. The second-order valence-corrected chi connectivity index (χ2v) is 13.6. The summed E-state index contributed by atoms with van der Waals surface area (Å²) in [6.07, 6.45) is 0.783. The molecule has 17 nitrogen and oxygen atoms in total. The first-order chi connectivity index (χ1) is 20.5. The molecular formula is C25H36N7O10P. The molecule has 2 aromatic rings. The summed E-state index contributed by atoms with van der Waals surface area (Å²) in [5.74, 6) is -1.03. The van der Waals surface area contributed by atoms with E-state index in [2.05, 4.69) is 15.0 Å². The van der Waals surface area contributed by atoms with E-state index in [1.807, 2.05) is 0 Å². The van der Waals surface area contributed by atoms with Gasteiger partial charge in [-0.3, -0.25) is 14.2 Å². The molecule has 43 heavy (non-hydrogen) atoms. The summed E-state index contributed by atoms with van der Waals surface area (Å²) in [5.41, 5.74) is 3.37. The zero-order valence-corrected chi connectivity index (χ0v) is 25.2. The van der Waals surface area contributed by atoms with Gasteiger partial charge in [0.2, 0.25) is 11.8 Å². The number of aromatic nitrogens is 4. The van der Waals surface area contributed by atoms with Crippen LogP contribution in [0.4, 0.5) is 5.95 Å². The van der Waals surface area contributed by atoms with Crippen molar-refractivity contribution in [3.63, 3.8) is 0 Å². The molecule has 6 rings (SSSR count). The molecule has 0 spiro atoms. The van der Waals surface area contributed by atoms with Crippen LogP contribution < -0.4 is 10.5 Å². The summed E-state index contributed by atoms with van der Waals surface area (Å²) < 4.78 is 46.8. The van der Waals surface area contributed by atoms with Crippen molar-refractivity contribution in [3.8, 4) is 5.88 Å². The van der Waals surface area contributed by atoms with Gasteiger partial charge in [0.1, 0.15) is 41.5 Å². The minimum atomic E-state index is -4.07. The SMILES string of the molecule is COC(=O)C1CCCN1P(=O)(OCC1OC2(C)C(n3cnc4c(OC)nc(N)nc43)C2(O)C1O)N1CCCC1C(=O)OC. The minimum Gasteiger partial charge on any atom is -0.479 e. The van der Waals surface area contributed by atoms with Crippen molar-refractivity contribution in [1.29, 1.82) is 0 Å². The van der Waals surface area contributed by atoms with Gasteiger partial charge in [-0.05, 0) is 32.6 Å². The molecule has 3 aliphatic heterocycles. The fraction of sp³-hybridized carbons (Fsp3) is 0.720. The number of anilines is 1. The van der Waals surface area contributed by atoms with Crippen LogP contribution in [0, 0.1) is 0 Å². The summed E-state index contributed by atoms with van der Waals surface area (Å²) in [5, 5.41) is 23.1. The van der Waals surface area contributed by atoms with Gasteiger partial charge in [-0.15, -0.1) is 0 Å². The molecule has 2 aromatic heterocycles. The standard InChI is InChI=1S/C25H36N7O10P/c1-24-22(30-12-27-16-18(30)28-23(26)29-19(16)38-2)25(24,36)17(33)15(42-24)11-41-43(37,31-9-5-7-13(31)20(34)39-3)32-10-6-8-14(32)21(35)40-4/h12-15,17,22,33,36H,5-11H2,1-4H3,(H2,26,28,29). The second-order valence-electron chi connectivity index (χ2n) is 11.3. The summed E-state index contributed by atoms with van der Waals surface area (Å²) in [7, 11) is -0.140. The van der Waals surface area contributed by atoms with Crippen molar-refractivity contribution in [2.75, 3.05) is 46.8 Å². The van der Waals surface area contributed by atoms with Gasteiger partial charge in [0.05, 0.1) is 34.3 Å². The topological polar surface area (TPSA) is 214 Å². The maximum atomic E-state index is 14.8. The molecule has 7 atom stereocenters. The fourth-order valence-electron chi connectivity index (χ4n) is 7.02. The van der Waals surface area contributed by atoms with Crippen molar-refractivity contribution in [2.45, 2.75) is 74.1 Å². The van der Waals surface area contributed by atoms with E-state index in [0.717, 1.165) is 0 Å². The predicted octanol–water partition coefficient (Wildman–Crippen LogP) is -0.379. The van der Waals surface area contributed by atoms with Crippen molar-refractivity contribution in [1.82, 2.24) is 28.9 Å². The Hall–Kier alpha value is -2.92. The summed E-state index contributed by atoms with van der Waals surface area (Å²) in [6.45, 7) is 1.77. The molecule has 4 N–H and O–H groups in total. The molecule has 18 heteroatoms. The molecule has 0 aromatic carbocycles. The van der Waals surface area contributed by atoms with Gasteiger partial charge in [0, 0.05) is 13.1 Å². The fourth-order valence-corrected chi connectivity index (χ4v) is 9.87. The number of hydrogen-bond acceptors (Lipinski definition) is 14. The van der Waals surface area contributed by atoms with E-state index < -0.39 is 67.8 Å². The first-order valence-corrected chi connectivity index (χ1v) is 15.6. The van der Waals surface area contributed by atoms with Gasteiger partial charge < -0.3 is 44.0 Å². The van der Waals surface area contributed by atoms with E-state index in [0.29, 0.717) is 31.2 Å². The third kappa shape index (κ3) is 4.28. The van der Waals surface area contributed by atoms with Crippen molar-refractivity contribution >= 4 is 36.7 Å². The van der Waals surface area contributed by atoms with Crippen LogP contribution in [0.25, 0.3) is 11.2 Å². The minimum absolute atomic E-state index is 0.0584. The van der Waals surface area contributed by atoms with Crippen LogP contribution in [-0.2, 0) is 32.9 Å². The van der Waals surface area contributed by atoms with Crippen LogP contribution in [0.3, 0.4) is 0 Å². The average molecular weight is 626 g/mol.